The average Bonchev–Trinajstić information content (AvgIpc) is 3.47. The molecule has 0 aliphatic rings. The highest BCUT2D eigenvalue weighted by Gasteiger charge is 2.20. The summed E-state index contributed by atoms with van der Waals surface area (Å²) in [6, 6.07) is 43.5. The molecule has 3 aromatic heterocycles. The molecule has 0 N–H and O–H groups in total. The first-order valence-electron chi connectivity index (χ1n) is 14.2. The van der Waals surface area contributed by atoms with Gasteiger partial charge >= 0.3 is 0 Å². The number of nitrogens with zero attached hydrogens (tertiary/aromatic N) is 4. The zero-order valence-electron chi connectivity index (χ0n) is 22.9. The standard InChI is InChI=1S/C38H22N4O/c1-2-11-24(12-3-1)36-40-37(29-16-8-17-31-34(29)35-32(43-31)18-9-21-39-35)42-38(41-36)30-22-25-13-5-7-15-27(25)33-26-14-6-4-10-23(26)19-20-28(30)33/h1-22H. The molecular weight excluding hydrogens is 528 g/mol. The van der Waals surface area contributed by atoms with Gasteiger partial charge in [0, 0.05) is 22.9 Å². The smallest absolute Gasteiger partial charge is 0.164 e. The number of benzene rings is 6. The summed E-state index contributed by atoms with van der Waals surface area (Å²) in [7, 11) is 0. The third-order valence-corrected chi connectivity index (χ3v) is 8.15. The summed E-state index contributed by atoms with van der Waals surface area (Å²) in [6.45, 7) is 0. The van der Waals surface area contributed by atoms with Gasteiger partial charge in [-0.1, -0.05) is 103 Å². The number of aromatic nitrogens is 4. The Balaban J connectivity index is 1.40. The highest BCUT2D eigenvalue weighted by Crippen LogP contribution is 2.40. The minimum absolute atomic E-state index is 0.574. The molecule has 0 spiro atoms. The van der Waals surface area contributed by atoms with E-state index in [4.69, 9.17) is 19.4 Å². The van der Waals surface area contributed by atoms with Crippen LogP contribution in [0.4, 0.5) is 0 Å². The number of pyridine rings is 1. The number of rotatable bonds is 3. The van der Waals surface area contributed by atoms with E-state index in [2.05, 4.69) is 71.7 Å². The maximum Gasteiger partial charge on any atom is 0.164 e. The molecule has 5 nitrogen and oxygen atoms in total. The second-order valence-corrected chi connectivity index (χ2v) is 10.7. The van der Waals surface area contributed by atoms with Gasteiger partial charge in [-0.05, 0) is 56.6 Å². The van der Waals surface area contributed by atoms with Gasteiger partial charge in [-0.2, -0.15) is 0 Å². The summed E-state index contributed by atoms with van der Waals surface area (Å²) in [5.74, 6) is 1.80. The fourth-order valence-electron chi connectivity index (χ4n) is 6.21. The van der Waals surface area contributed by atoms with Crippen molar-refractivity contribution in [2.75, 3.05) is 0 Å². The van der Waals surface area contributed by atoms with E-state index in [0.29, 0.717) is 17.5 Å². The van der Waals surface area contributed by atoms with Crippen molar-refractivity contribution in [2.24, 2.45) is 0 Å². The maximum atomic E-state index is 6.16. The molecule has 6 aromatic carbocycles. The lowest BCUT2D eigenvalue weighted by Gasteiger charge is -2.14. The fraction of sp³-hybridized carbons (Fsp3) is 0. The van der Waals surface area contributed by atoms with Crippen LogP contribution in [-0.4, -0.2) is 19.9 Å². The minimum atomic E-state index is 0.574. The van der Waals surface area contributed by atoms with Crippen molar-refractivity contribution >= 4 is 54.4 Å². The van der Waals surface area contributed by atoms with Crippen molar-refractivity contribution < 1.29 is 4.42 Å². The van der Waals surface area contributed by atoms with Crippen LogP contribution in [0, 0.1) is 0 Å². The summed E-state index contributed by atoms with van der Waals surface area (Å²) >= 11 is 0. The Bertz CT molecular complexity index is 2500. The molecule has 0 amide bonds. The molecule has 0 bridgehead atoms. The lowest BCUT2D eigenvalue weighted by atomic mass is 9.92. The third kappa shape index (κ3) is 3.72. The predicted molar refractivity (Wildman–Crippen MR) is 174 cm³/mol. The summed E-state index contributed by atoms with van der Waals surface area (Å²) in [6.07, 6.45) is 1.79. The summed E-state index contributed by atoms with van der Waals surface area (Å²) < 4.78 is 6.16. The maximum absolute atomic E-state index is 6.16. The normalized spacial score (nSPS) is 11.7. The van der Waals surface area contributed by atoms with Crippen LogP contribution in [0.1, 0.15) is 0 Å². The van der Waals surface area contributed by atoms with E-state index in [-0.39, 0.29) is 0 Å². The molecule has 0 aliphatic heterocycles. The van der Waals surface area contributed by atoms with Gasteiger partial charge in [-0.3, -0.25) is 4.98 Å². The van der Waals surface area contributed by atoms with Crippen molar-refractivity contribution in [3.63, 3.8) is 0 Å². The SMILES string of the molecule is c1ccc(-c2nc(-c3cc4ccccc4c4c3ccc3ccccc34)nc(-c3cccc4oc5cccnc5c34)n2)cc1. The molecule has 0 saturated carbocycles. The van der Waals surface area contributed by atoms with Crippen LogP contribution in [0.2, 0.25) is 0 Å². The molecule has 0 radical (unpaired) electrons. The first-order chi connectivity index (χ1) is 21.3. The molecule has 43 heavy (non-hydrogen) atoms. The van der Waals surface area contributed by atoms with E-state index >= 15 is 0 Å². The quantitative estimate of drug-likeness (QED) is 0.205. The molecular formula is C38H22N4O. The molecule has 0 atom stereocenters. The van der Waals surface area contributed by atoms with E-state index in [1.165, 1.54) is 21.5 Å². The number of furan rings is 1. The summed E-state index contributed by atoms with van der Waals surface area (Å²) in [5, 5.41) is 7.93. The molecule has 3 heterocycles. The second-order valence-electron chi connectivity index (χ2n) is 10.7. The van der Waals surface area contributed by atoms with Crippen LogP contribution in [0.25, 0.3) is 88.5 Å². The summed E-state index contributed by atoms with van der Waals surface area (Å²) in [5.41, 5.74) is 5.00. The molecule has 9 aromatic rings. The van der Waals surface area contributed by atoms with E-state index in [0.717, 1.165) is 49.5 Å². The molecule has 5 heteroatoms. The third-order valence-electron chi connectivity index (χ3n) is 8.15. The topological polar surface area (TPSA) is 64.7 Å². The molecule has 200 valence electrons. The zero-order valence-corrected chi connectivity index (χ0v) is 22.9. The molecule has 0 fully saturated rings. The summed E-state index contributed by atoms with van der Waals surface area (Å²) in [4.78, 5) is 20.0. The van der Waals surface area contributed by atoms with Gasteiger partial charge in [0.15, 0.2) is 23.1 Å². The number of hydrogen-bond donors (Lipinski definition) is 0. The monoisotopic (exact) mass is 550 g/mol. The number of fused-ring (bicyclic) bond motifs is 8. The first kappa shape index (κ1) is 23.7. The van der Waals surface area contributed by atoms with Crippen molar-refractivity contribution in [1.29, 1.82) is 0 Å². The first-order valence-corrected chi connectivity index (χ1v) is 14.2. The van der Waals surface area contributed by atoms with Crippen molar-refractivity contribution in [3.05, 3.63) is 134 Å². The number of hydrogen-bond acceptors (Lipinski definition) is 5. The molecule has 0 saturated heterocycles. The second kappa shape index (κ2) is 9.29. The average molecular weight is 551 g/mol. The van der Waals surface area contributed by atoms with Gasteiger partial charge in [-0.25, -0.2) is 15.0 Å². The van der Waals surface area contributed by atoms with E-state index < -0.39 is 0 Å². The Morgan fingerprint density at radius 1 is 0.442 bits per heavy atom. The molecule has 9 rings (SSSR count). The minimum Gasteiger partial charge on any atom is -0.454 e. The van der Waals surface area contributed by atoms with E-state index in [1.54, 1.807) is 6.20 Å². The van der Waals surface area contributed by atoms with Gasteiger partial charge in [0.05, 0.1) is 5.39 Å². The zero-order chi connectivity index (χ0) is 28.3. The Morgan fingerprint density at radius 3 is 2.00 bits per heavy atom. The fourth-order valence-corrected chi connectivity index (χ4v) is 6.21. The highest BCUT2D eigenvalue weighted by atomic mass is 16.3. The highest BCUT2D eigenvalue weighted by molar-refractivity contribution is 6.23. The van der Waals surface area contributed by atoms with Crippen LogP contribution in [0.3, 0.4) is 0 Å². The van der Waals surface area contributed by atoms with Crippen LogP contribution in [0.15, 0.2) is 138 Å². The predicted octanol–water partition coefficient (Wildman–Crippen LogP) is 9.63. The molecule has 0 aliphatic carbocycles. The Hall–Kier alpha value is -5.94. The Morgan fingerprint density at radius 2 is 1.14 bits per heavy atom. The lowest BCUT2D eigenvalue weighted by Crippen LogP contribution is -2.01. The van der Waals surface area contributed by atoms with Gasteiger partial charge in [0.2, 0.25) is 0 Å². The Labute approximate surface area is 246 Å². The largest absolute Gasteiger partial charge is 0.454 e. The van der Waals surface area contributed by atoms with Crippen molar-refractivity contribution in [2.45, 2.75) is 0 Å². The lowest BCUT2D eigenvalue weighted by molar-refractivity contribution is 0.668. The van der Waals surface area contributed by atoms with Gasteiger partial charge in [0.1, 0.15) is 11.1 Å². The van der Waals surface area contributed by atoms with E-state index in [9.17, 15) is 0 Å². The van der Waals surface area contributed by atoms with Crippen LogP contribution >= 0.6 is 0 Å². The van der Waals surface area contributed by atoms with Crippen LogP contribution in [0.5, 0.6) is 0 Å². The van der Waals surface area contributed by atoms with Crippen LogP contribution in [-0.2, 0) is 0 Å². The van der Waals surface area contributed by atoms with Gasteiger partial charge in [-0.15, -0.1) is 0 Å². The molecule has 0 unspecified atom stereocenters. The Kier molecular flexibility index (Phi) is 5.13. The van der Waals surface area contributed by atoms with E-state index in [1.807, 2.05) is 60.7 Å². The van der Waals surface area contributed by atoms with Crippen LogP contribution < -0.4 is 0 Å². The van der Waals surface area contributed by atoms with Gasteiger partial charge in [0.25, 0.3) is 0 Å². The van der Waals surface area contributed by atoms with Gasteiger partial charge < -0.3 is 4.42 Å². The van der Waals surface area contributed by atoms with Crippen molar-refractivity contribution in [3.8, 4) is 34.2 Å². The van der Waals surface area contributed by atoms with Crippen molar-refractivity contribution in [1.82, 2.24) is 19.9 Å².